The lowest BCUT2D eigenvalue weighted by Gasteiger charge is -2.28. The summed E-state index contributed by atoms with van der Waals surface area (Å²) in [6, 6.07) is 20.4. The molecule has 236 valence electrons. The van der Waals surface area contributed by atoms with Crippen molar-refractivity contribution >= 4 is 29.7 Å². The molecule has 0 saturated heterocycles. The first kappa shape index (κ1) is 34.6. The number of aliphatic hydroxyl groups is 1. The maximum Gasteiger partial charge on any atom is 0.408 e. The van der Waals surface area contributed by atoms with Crippen LogP contribution in [0.5, 0.6) is 0 Å². The first-order valence-electron chi connectivity index (χ1n) is 14.7. The number of carbonyl (C=O) groups is 3. The first-order chi connectivity index (χ1) is 20.7. The second kappa shape index (κ2) is 15.7. The molecule has 0 saturated carbocycles. The standard InChI is InChI=1S/C34H44N4O5S/c1-33(2,3)38-30(40)25-17-11-10-16-24(25)21-28(39)26(20-23-14-8-7-9-15-23)36-31(41)27(37-32(42)43-34(4,5)6)22-44-29-18-12-13-19-35-29/h7-19,26-28,39H,20-22H2,1-6H3,(H,36,41)(H,37,42)(H,38,40)/t26-,27+,28+/m0/s1. The Morgan fingerprint density at radius 2 is 1.52 bits per heavy atom. The van der Waals surface area contributed by atoms with Crippen molar-refractivity contribution in [3.05, 3.63) is 95.7 Å². The van der Waals surface area contributed by atoms with Crippen LogP contribution in [0.15, 0.2) is 84.0 Å². The molecule has 10 heteroatoms. The molecule has 0 bridgehead atoms. The van der Waals surface area contributed by atoms with Crippen LogP contribution in [0, 0.1) is 0 Å². The lowest BCUT2D eigenvalue weighted by molar-refractivity contribution is -0.124. The summed E-state index contributed by atoms with van der Waals surface area (Å²) in [6.07, 6.45) is 0.339. The van der Waals surface area contributed by atoms with Crippen LogP contribution in [0.1, 0.15) is 63.0 Å². The van der Waals surface area contributed by atoms with Crippen LogP contribution in [0.4, 0.5) is 4.79 Å². The fourth-order valence-electron chi connectivity index (χ4n) is 4.36. The number of aromatic nitrogens is 1. The molecule has 2 aromatic carbocycles. The topological polar surface area (TPSA) is 130 Å². The van der Waals surface area contributed by atoms with E-state index in [2.05, 4.69) is 20.9 Å². The number of aliphatic hydroxyl groups excluding tert-OH is 1. The van der Waals surface area contributed by atoms with Crippen molar-refractivity contribution in [2.45, 2.75) is 88.7 Å². The van der Waals surface area contributed by atoms with Crippen molar-refractivity contribution in [1.82, 2.24) is 20.9 Å². The number of benzene rings is 2. The Labute approximate surface area is 264 Å². The quantitative estimate of drug-likeness (QED) is 0.212. The summed E-state index contributed by atoms with van der Waals surface area (Å²) in [7, 11) is 0. The van der Waals surface area contributed by atoms with Gasteiger partial charge in [-0.25, -0.2) is 9.78 Å². The zero-order chi connectivity index (χ0) is 32.3. The van der Waals surface area contributed by atoms with E-state index in [4.69, 9.17) is 4.74 Å². The van der Waals surface area contributed by atoms with E-state index in [0.717, 1.165) is 5.56 Å². The van der Waals surface area contributed by atoms with Gasteiger partial charge in [-0.1, -0.05) is 54.6 Å². The van der Waals surface area contributed by atoms with Gasteiger partial charge in [0.25, 0.3) is 5.91 Å². The second-order valence-electron chi connectivity index (χ2n) is 12.6. The Morgan fingerprint density at radius 1 is 0.864 bits per heavy atom. The Morgan fingerprint density at radius 3 is 2.16 bits per heavy atom. The van der Waals surface area contributed by atoms with E-state index in [-0.39, 0.29) is 18.1 Å². The van der Waals surface area contributed by atoms with Gasteiger partial charge in [0.05, 0.1) is 17.2 Å². The Kier molecular flexibility index (Phi) is 12.4. The third-order valence-electron chi connectivity index (χ3n) is 6.31. The molecule has 0 aliphatic carbocycles. The number of carbonyl (C=O) groups excluding carboxylic acids is 3. The summed E-state index contributed by atoms with van der Waals surface area (Å²) in [5.74, 6) is -0.526. The molecule has 0 aliphatic rings. The largest absolute Gasteiger partial charge is 0.444 e. The fraction of sp³-hybridized carbons (Fsp3) is 0.412. The number of ether oxygens (including phenoxy) is 1. The number of hydrogen-bond donors (Lipinski definition) is 4. The van der Waals surface area contributed by atoms with E-state index in [1.165, 1.54) is 11.8 Å². The third kappa shape index (κ3) is 12.0. The number of rotatable bonds is 12. The highest BCUT2D eigenvalue weighted by molar-refractivity contribution is 7.99. The molecule has 0 unspecified atom stereocenters. The molecule has 0 spiro atoms. The van der Waals surface area contributed by atoms with Crippen LogP contribution in [-0.2, 0) is 22.4 Å². The zero-order valence-corrected chi connectivity index (χ0v) is 27.1. The Balaban J connectivity index is 1.85. The molecule has 3 atom stereocenters. The SMILES string of the molecule is CC(C)(C)NC(=O)c1ccccc1C[C@@H](O)[C@H](Cc1ccccc1)NC(=O)[C@@H](CSc1ccccn1)NC(=O)OC(C)(C)C. The maximum atomic E-state index is 13.8. The van der Waals surface area contributed by atoms with E-state index in [0.29, 0.717) is 22.6 Å². The number of pyridine rings is 1. The lowest BCUT2D eigenvalue weighted by atomic mass is 9.93. The number of hydrogen-bond acceptors (Lipinski definition) is 7. The smallest absolute Gasteiger partial charge is 0.408 e. The molecule has 0 fully saturated rings. The molecular formula is C34H44N4O5S. The van der Waals surface area contributed by atoms with Gasteiger partial charge in [0.2, 0.25) is 5.91 Å². The van der Waals surface area contributed by atoms with E-state index < -0.39 is 41.3 Å². The van der Waals surface area contributed by atoms with Gasteiger partial charge in [0.15, 0.2) is 0 Å². The average Bonchev–Trinajstić information content (AvgIpc) is 2.94. The molecule has 0 aliphatic heterocycles. The van der Waals surface area contributed by atoms with Crippen molar-refractivity contribution in [2.24, 2.45) is 0 Å². The summed E-state index contributed by atoms with van der Waals surface area (Å²) < 4.78 is 5.43. The maximum absolute atomic E-state index is 13.8. The van der Waals surface area contributed by atoms with Gasteiger partial charge in [-0.05, 0) is 77.3 Å². The van der Waals surface area contributed by atoms with Crippen molar-refractivity contribution in [2.75, 3.05) is 5.75 Å². The number of amides is 3. The summed E-state index contributed by atoms with van der Waals surface area (Å²) >= 11 is 1.32. The van der Waals surface area contributed by atoms with E-state index in [1.54, 1.807) is 51.2 Å². The number of nitrogens with zero attached hydrogens (tertiary/aromatic N) is 1. The molecular weight excluding hydrogens is 576 g/mol. The average molecular weight is 621 g/mol. The molecule has 4 N–H and O–H groups in total. The molecule has 0 radical (unpaired) electrons. The molecule has 3 aromatic rings. The van der Waals surface area contributed by atoms with Gasteiger partial charge in [0.1, 0.15) is 11.6 Å². The zero-order valence-electron chi connectivity index (χ0n) is 26.3. The van der Waals surface area contributed by atoms with Crippen molar-refractivity contribution < 1.29 is 24.2 Å². The number of thioether (sulfide) groups is 1. The normalized spacial score (nSPS) is 13.7. The highest BCUT2D eigenvalue weighted by atomic mass is 32.2. The third-order valence-corrected chi connectivity index (χ3v) is 7.35. The van der Waals surface area contributed by atoms with Gasteiger partial charge >= 0.3 is 6.09 Å². The molecule has 3 rings (SSSR count). The minimum absolute atomic E-state index is 0.123. The van der Waals surface area contributed by atoms with E-state index in [9.17, 15) is 19.5 Å². The van der Waals surface area contributed by atoms with Crippen LogP contribution in [0.2, 0.25) is 0 Å². The van der Waals surface area contributed by atoms with Crippen molar-refractivity contribution in [1.29, 1.82) is 0 Å². The molecule has 44 heavy (non-hydrogen) atoms. The number of nitrogens with one attached hydrogen (secondary N) is 3. The minimum atomic E-state index is -1.05. The van der Waals surface area contributed by atoms with Crippen LogP contribution < -0.4 is 16.0 Å². The highest BCUT2D eigenvalue weighted by Gasteiger charge is 2.30. The predicted octanol–water partition coefficient (Wildman–Crippen LogP) is 4.93. The highest BCUT2D eigenvalue weighted by Crippen LogP contribution is 2.19. The van der Waals surface area contributed by atoms with Crippen LogP contribution in [0.3, 0.4) is 0 Å². The Bertz CT molecular complexity index is 1370. The van der Waals surface area contributed by atoms with Crippen LogP contribution in [0.25, 0.3) is 0 Å². The van der Waals surface area contributed by atoms with E-state index in [1.807, 2.05) is 69.3 Å². The number of alkyl carbamates (subject to hydrolysis) is 1. The van der Waals surface area contributed by atoms with Gasteiger partial charge in [-0.3, -0.25) is 9.59 Å². The Hall–Kier alpha value is -3.89. The van der Waals surface area contributed by atoms with Gasteiger partial charge in [0, 0.05) is 29.5 Å². The summed E-state index contributed by atoms with van der Waals surface area (Å²) in [5, 5.41) is 20.9. The minimum Gasteiger partial charge on any atom is -0.444 e. The van der Waals surface area contributed by atoms with Gasteiger partial charge in [-0.15, -0.1) is 11.8 Å². The molecule has 1 aromatic heterocycles. The molecule has 1 heterocycles. The van der Waals surface area contributed by atoms with Gasteiger partial charge < -0.3 is 25.8 Å². The fourth-order valence-corrected chi connectivity index (χ4v) is 5.25. The summed E-state index contributed by atoms with van der Waals surface area (Å²) in [4.78, 5) is 43.8. The molecule has 9 nitrogen and oxygen atoms in total. The van der Waals surface area contributed by atoms with Crippen molar-refractivity contribution in [3.8, 4) is 0 Å². The van der Waals surface area contributed by atoms with Crippen molar-refractivity contribution in [3.63, 3.8) is 0 Å². The van der Waals surface area contributed by atoms with E-state index >= 15 is 0 Å². The molecule has 3 amide bonds. The lowest BCUT2D eigenvalue weighted by Crippen LogP contribution is -2.55. The predicted molar refractivity (Wildman–Crippen MR) is 174 cm³/mol. The van der Waals surface area contributed by atoms with Crippen LogP contribution in [-0.4, -0.2) is 63.1 Å². The van der Waals surface area contributed by atoms with Crippen LogP contribution >= 0.6 is 11.8 Å². The summed E-state index contributed by atoms with van der Waals surface area (Å²) in [6.45, 7) is 11.0. The second-order valence-corrected chi connectivity index (χ2v) is 13.7. The van der Waals surface area contributed by atoms with Gasteiger partial charge in [-0.2, -0.15) is 0 Å². The monoisotopic (exact) mass is 620 g/mol. The summed E-state index contributed by atoms with van der Waals surface area (Å²) in [5.41, 5.74) is 0.842. The first-order valence-corrected chi connectivity index (χ1v) is 15.6.